The molecular formula is C25H40N4O5. The molecular weight excluding hydrogens is 436 g/mol. The van der Waals surface area contributed by atoms with Crippen LogP contribution < -0.4 is 24.8 Å². The molecule has 190 valence electrons. The van der Waals surface area contributed by atoms with Crippen LogP contribution in [0.15, 0.2) is 12.1 Å². The van der Waals surface area contributed by atoms with Gasteiger partial charge in [0.05, 0.1) is 27.0 Å². The van der Waals surface area contributed by atoms with Gasteiger partial charge in [0.25, 0.3) is 0 Å². The van der Waals surface area contributed by atoms with Crippen LogP contribution in [0.5, 0.6) is 17.2 Å². The van der Waals surface area contributed by atoms with Gasteiger partial charge in [0.1, 0.15) is 0 Å². The second-order valence-electron chi connectivity index (χ2n) is 9.21. The van der Waals surface area contributed by atoms with Crippen molar-refractivity contribution in [2.45, 2.75) is 51.5 Å². The van der Waals surface area contributed by atoms with E-state index in [1.807, 2.05) is 0 Å². The lowest BCUT2D eigenvalue weighted by molar-refractivity contribution is -0.122. The number of carbonyl (C=O) groups excluding carboxylic acids is 2. The number of amides is 3. The minimum absolute atomic E-state index is 0.116. The number of hydrogen-bond acceptors (Lipinski definition) is 6. The molecule has 0 bridgehead atoms. The fraction of sp³-hybridized carbons (Fsp3) is 0.680. The van der Waals surface area contributed by atoms with Crippen LogP contribution in [-0.2, 0) is 4.79 Å². The summed E-state index contributed by atoms with van der Waals surface area (Å²) in [6.45, 7) is 6.28. The van der Waals surface area contributed by atoms with Gasteiger partial charge < -0.3 is 29.7 Å². The molecule has 9 nitrogen and oxygen atoms in total. The summed E-state index contributed by atoms with van der Waals surface area (Å²) in [6, 6.07) is 3.86. The molecule has 1 unspecified atom stereocenters. The number of rotatable bonds is 9. The third kappa shape index (κ3) is 6.91. The van der Waals surface area contributed by atoms with Crippen molar-refractivity contribution in [3.05, 3.63) is 12.1 Å². The topological polar surface area (TPSA) is 92.4 Å². The average Bonchev–Trinajstić information content (AvgIpc) is 2.85. The molecule has 1 aromatic rings. The molecule has 0 radical (unpaired) electrons. The molecule has 2 N–H and O–H groups in total. The van der Waals surface area contributed by atoms with Crippen LogP contribution in [-0.4, -0.2) is 81.8 Å². The highest BCUT2D eigenvalue weighted by Gasteiger charge is 2.25. The number of urea groups is 1. The molecule has 1 atom stereocenters. The second kappa shape index (κ2) is 12.7. The minimum atomic E-state index is -0.173. The molecule has 3 amide bonds. The number of nitrogens with one attached hydrogen (secondary N) is 2. The first kappa shape index (κ1) is 25.9. The summed E-state index contributed by atoms with van der Waals surface area (Å²) in [4.78, 5) is 29.4. The fourth-order valence-corrected chi connectivity index (χ4v) is 4.86. The van der Waals surface area contributed by atoms with Crippen LogP contribution in [0.2, 0.25) is 0 Å². The van der Waals surface area contributed by atoms with Crippen molar-refractivity contribution in [1.29, 1.82) is 0 Å². The molecule has 0 spiro atoms. The molecule has 1 aromatic carbocycles. The monoisotopic (exact) mass is 476 g/mol. The quantitative estimate of drug-likeness (QED) is 0.568. The van der Waals surface area contributed by atoms with Gasteiger partial charge in [-0.2, -0.15) is 0 Å². The summed E-state index contributed by atoms with van der Waals surface area (Å²) in [6.07, 6.45) is 5.98. The number of likely N-dealkylation sites (tertiary alicyclic amines) is 2. The molecule has 34 heavy (non-hydrogen) atoms. The summed E-state index contributed by atoms with van der Waals surface area (Å²) in [5, 5.41) is 6.01. The highest BCUT2D eigenvalue weighted by Crippen LogP contribution is 2.40. The van der Waals surface area contributed by atoms with Gasteiger partial charge >= 0.3 is 6.03 Å². The van der Waals surface area contributed by atoms with Crippen molar-refractivity contribution < 1.29 is 23.8 Å². The smallest absolute Gasteiger partial charge is 0.321 e. The molecule has 9 heteroatoms. The number of hydrogen-bond donors (Lipinski definition) is 2. The molecule has 2 aliphatic rings. The van der Waals surface area contributed by atoms with Crippen LogP contribution >= 0.6 is 0 Å². The van der Waals surface area contributed by atoms with Crippen LogP contribution in [0.25, 0.3) is 0 Å². The van der Waals surface area contributed by atoms with E-state index < -0.39 is 0 Å². The molecule has 2 aliphatic heterocycles. The Morgan fingerprint density at radius 1 is 0.971 bits per heavy atom. The Morgan fingerprint density at radius 3 is 2.24 bits per heavy atom. The number of nitrogens with zero attached hydrogens (tertiary/aromatic N) is 2. The van der Waals surface area contributed by atoms with E-state index in [1.54, 1.807) is 17.0 Å². The molecule has 3 rings (SSSR count). The normalized spacial score (nSPS) is 19.4. The highest BCUT2D eigenvalue weighted by molar-refractivity contribution is 5.90. The number of piperidine rings is 2. The van der Waals surface area contributed by atoms with E-state index in [1.165, 1.54) is 40.6 Å². The average molecular weight is 477 g/mol. The predicted molar refractivity (Wildman–Crippen MR) is 132 cm³/mol. The lowest BCUT2D eigenvalue weighted by Crippen LogP contribution is -2.43. The molecule has 0 aromatic heterocycles. The van der Waals surface area contributed by atoms with Crippen LogP contribution in [0.3, 0.4) is 0 Å². The SMILES string of the molecule is COc1cc(NC(=O)N2CCC(CC(=O)NCCN3CCCCC3C)CC2)cc(OC)c1OC. The number of carbonyl (C=O) groups is 2. The molecule has 2 heterocycles. The highest BCUT2D eigenvalue weighted by atomic mass is 16.5. The Hall–Kier alpha value is -2.68. The van der Waals surface area contributed by atoms with Gasteiger partial charge in [0.15, 0.2) is 11.5 Å². The molecule has 2 saturated heterocycles. The van der Waals surface area contributed by atoms with E-state index in [0.29, 0.717) is 61.0 Å². The largest absolute Gasteiger partial charge is 0.493 e. The zero-order valence-electron chi connectivity index (χ0n) is 21.0. The summed E-state index contributed by atoms with van der Waals surface area (Å²) in [7, 11) is 4.62. The van der Waals surface area contributed by atoms with Gasteiger partial charge in [-0.1, -0.05) is 6.42 Å². The standard InChI is InChI=1S/C25H40N4O5/c1-18-7-5-6-11-28(18)14-10-26-23(30)15-19-8-12-29(13-9-19)25(31)27-20-16-21(32-2)24(34-4)22(17-20)33-3/h16-19H,5-15H2,1-4H3,(H,26,30)(H,27,31). The van der Waals surface area contributed by atoms with Crippen LogP contribution in [0, 0.1) is 5.92 Å². The van der Waals surface area contributed by atoms with E-state index in [0.717, 1.165) is 25.9 Å². The molecule has 2 fully saturated rings. The first-order valence-corrected chi connectivity index (χ1v) is 12.3. The van der Waals surface area contributed by atoms with Crippen molar-refractivity contribution in [2.24, 2.45) is 5.92 Å². The molecule has 0 aliphatic carbocycles. The predicted octanol–water partition coefficient (Wildman–Crippen LogP) is 3.34. The Balaban J connectivity index is 1.41. The maximum atomic E-state index is 12.8. The van der Waals surface area contributed by atoms with Crippen molar-refractivity contribution in [1.82, 2.24) is 15.1 Å². The minimum Gasteiger partial charge on any atom is -0.493 e. The summed E-state index contributed by atoms with van der Waals surface area (Å²) < 4.78 is 16.0. The van der Waals surface area contributed by atoms with Crippen LogP contribution in [0.4, 0.5) is 10.5 Å². The van der Waals surface area contributed by atoms with E-state index in [4.69, 9.17) is 14.2 Å². The lowest BCUT2D eigenvalue weighted by atomic mass is 9.93. The summed E-state index contributed by atoms with van der Waals surface area (Å²) in [5.41, 5.74) is 0.573. The van der Waals surface area contributed by atoms with Crippen molar-refractivity contribution in [3.63, 3.8) is 0 Å². The Morgan fingerprint density at radius 2 is 1.65 bits per heavy atom. The molecule has 0 saturated carbocycles. The zero-order valence-corrected chi connectivity index (χ0v) is 21.0. The number of benzene rings is 1. The third-order valence-corrected chi connectivity index (χ3v) is 6.95. The van der Waals surface area contributed by atoms with Crippen molar-refractivity contribution in [3.8, 4) is 17.2 Å². The van der Waals surface area contributed by atoms with E-state index >= 15 is 0 Å². The number of anilines is 1. The zero-order chi connectivity index (χ0) is 24.5. The van der Waals surface area contributed by atoms with E-state index in [-0.39, 0.29) is 11.9 Å². The van der Waals surface area contributed by atoms with Gasteiger partial charge in [-0.05, 0) is 45.1 Å². The van der Waals surface area contributed by atoms with Gasteiger partial charge in [-0.3, -0.25) is 9.69 Å². The number of methoxy groups -OCH3 is 3. The lowest BCUT2D eigenvalue weighted by Gasteiger charge is -2.33. The van der Waals surface area contributed by atoms with Gasteiger partial charge in [-0.25, -0.2) is 4.79 Å². The van der Waals surface area contributed by atoms with Crippen molar-refractivity contribution in [2.75, 3.05) is 59.4 Å². The fourth-order valence-electron chi connectivity index (χ4n) is 4.86. The Labute approximate surface area is 203 Å². The Kier molecular flexibility index (Phi) is 9.68. The summed E-state index contributed by atoms with van der Waals surface area (Å²) in [5.74, 6) is 1.87. The summed E-state index contributed by atoms with van der Waals surface area (Å²) >= 11 is 0. The van der Waals surface area contributed by atoms with E-state index in [2.05, 4.69) is 22.5 Å². The third-order valence-electron chi connectivity index (χ3n) is 6.95. The van der Waals surface area contributed by atoms with E-state index in [9.17, 15) is 9.59 Å². The Bertz CT molecular complexity index is 801. The van der Waals surface area contributed by atoms with Crippen molar-refractivity contribution >= 4 is 17.6 Å². The van der Waals surface area contributed by atoms with Crippen LogP contribution in [0.1, 0.15) is 45.4 Å². The second-order valence-corrected chi connectivity index (χ2v) is 9.21. The first-order chi connectivity index (χ1) is 16.4. The van der Waals surface area contributed by atoms with Gasteiger partial charge in [0.2, 0.25) is 11.7 Å². The maximum Gasteiger partial charge on any atom is 0.321 e. The number of ether oxygens (including phenoxy) is 3. The van der Waals surface area contributed by atoms with Gasteiger partial charge in [0, 0.05) is 50.8 Å². The van der Waals surface area contributed by atoms with Gasteiger partial charge in [-0.15, -0.1) is 0 Å². The maximum absolute atomic E-state index is 12.8. The first-order valence-electron chi connectivity index (χ1n) is 12.3.